The van der Waals surface area contributed by atoms with Crippen LogP contribution >= 0.6 is 11.6 Å². The van der Waals surface area contributed by atoms with Crippen molar-refractivity contribution in [1.29, 1.82) is 0 Å². The lowest BCUT2D eigenvalue weighted by Gasteiger charge is -2.35. The maximum atomic E-state index is 12.5. The largest absolute Gasteiger partial charge is 0.376 e. The molecule has 2 aromatic rings. The number of hydrogen-bond donors (Lipinski definition) is 2. The van der Waals surface area contributed by atoms with E-state index >= 15 is 0 Å². The number of carbonyl (C=O) groups is 1. The molecule has 7 heteroatoms. The normalized spacial score (nSPS) is 22.9. The molecule has 2 aliphatic heterocycles. The Kier molecular flexibility index (Phi) is 6.89. The minimum atomic E-state index is -0.0627. The van der Waals surface area contributed by atoms with Crippen LogP contribution in [-0.2, 0) is 16.0 Å². The first-order chi connectivity index (χ1) is 14.9. The third kappa shape index (κ3) is 5.82. The van der Waals surface area contributed by atoms with Crippen LogP contribution in [0.15, 0.2) is 30.5 Å². The van der Waals surface area contributed by atoms with Crippen LogP contribution < -0.4 is 10.6 Å². The van der Waals surface area contributed by atoms with Crippen LogP contribution in [-0.4, -0.2) is 47.6 Å². The van der Waals surface area contributed by atoms with Gasteiger partial charge >= 0.3 is 0 Å². The summed E-state index contributed by atoms with van der Waals surface area (Å²) in [6.07, 6.45) is 4.94. The zero-order valence-corrected chi connectivity index (χ0v) is 19.0. The van der Waals surface area contributed by atoms with Crippen LogP contribution in [0.4, 0.5) is 5.82 Å². The Morgan fingerprint density at radius 3 is 3.00 bits per heavy atom. The van der Waals surface area contributed by atoms with Crippen molar-refractivity contribution in [2.75, 3.05) is 31.6 Å². The second-order valence-corrected chi connectivity index (χ2v) is 9.65. The molecule has 0 aromatic carbocycles. The quantitative estimate of drug-likeness (QED) is 0.671. The summed E-state index contributed by atoms with van der Waals surface area (Å²) >= 11 is 6.45. The van der Waals surface area contributed by atoms with Crippen LogP contribution in [0.5, 0.6) is 0 Å². The van der Waals surface area contributed by atoms with Crippen molar-refractivity contribution in [1.82, 2.24) is 15.3 Å². The summed E-state index contributed by atoms with van der Waals surface area (Å²) in [6, 6.07) is 7.79. The summed E-state index contributed by atoms with van der Waals surface area (Å²) in [7, 11) is 0. The summed E-state index contributed by atoms with van der Waals surface area (Å²) in [6.45, 7) is 7.63. The van der Waals surface area contributed by atoms with Gasteiger partial charge in [-0.15, -0.1) is 0 Å². The van der Waals surface area contributed by atoms with E-state index in [1.807, 2.05) is 24.3 Å². The minimum absolute atomic E-state index is 0.0627. The third-order valence-corrected chi connectivity index (χ3v) is 6.48. The van der Waals surface area contributed by atoms with Crippen LogP contribution in [0, 0.1) is 11.8 Å². The molecule has 2 saturated heterocycles. The highest BCUT2D eigenvalue weighted by molar-refractivity contribution is 6.33. The fourth-order valence-corrected chi connectivity index (χ4v) is 4.69. The molecule has 2 fully saturated rings. The average molecular weight is 443 g/mol. The molecular formula is C24H31ClN4O2. The zero-order valence-electron chi connectivity index (χ0n) is 18.3. The van der Waals surface area contributed by atoms with Crippen LogP contribution in [0.3, 0.4) is 0 Å². The molecular weight excluding hydrogens is 412 g/mol. The lowest BCUT2D eigenvalue weighted by molar-refractivity contribution is -0.121. The van der Waals surface area contributed by atoms with Gasteiger partial charge in [-0.2, -0.15) is 0 Å². The number of nitrogens with zero attached hydrogens (tertiary/aromatic N) is 2. The Balaban J connectivity index is 1.44. The Morgan fingerprint density at radius 2 is 2.23 bits per heavy atom. The van der Waals surface area contributed by atoms with Crippen molar-refractivity contribution in [3.63, 3.8) is 0 Å². The molecule has 0 bridgehead atoms. The monoisotopic (exact) mass is 442 g/mol. The third-order valence-electron chi connectivity index (χ3n) is 6.18. The average Bonchev–Trinajstić information content (AvgIpc) is 3.28. The fourth-order valence-electron chi connectivity index (χ4n) is 4.49. The molecule has 166 valence electrons. The minimum Gasteiger partial charge on any atom is -0.376 e. The fraction of sp³-hybridized carbons (Fsp3) is 0.542. The molecule has 4 heterocycles. The SMILES string of the molecule is CC1(C)CC(CNc2cccc(-c3cc(CC(=O)[C@@H]4CCNC4)ncc3Cl)n2)CCO1. The number of halogens is 1. The highest BCUT2D eigenvalue weighted by atomic mass is 35.5. The van der Waals surface area contributed by atoms with E-state index in [9.17, 15) is 4.79 Å². The summed E-state index contributed by atoms with van der Waals surface area (Å²) < 4.78 is 5.82. The Hall–Kier alpha value is -2.02. The highest BCUT2D eigenvalue weighted by Crippen LogP contribution is 2.30. The number of hydrogen-bond acceptors (Lipinski definition) is 6. The number of carbonyl (C=O) groups excluding carboxylic acids is 1. The predicted octanol–water partition coefficient (Wildman–Crippen LogP) is 4.14. The number of rotatable bonds is 7. The van der Waals surface area contributed by atoms with Gasteiger partial charge in [0.2, 0.25) is 0 Å². The van der Waals surface area contributed by atoms with E-state index in [0.29, 0.717) is 17.4 Å². The molecule has 2 N–H and O–H groups in total. The van der Waals surface area contributed by atoms with Crippen molar-refractivity contribution in [3.8, 4) is 11.3 Å². The molecule has 2 atom stereocenters. The second-order valence-electron chi connectivity index (χ2n) is 9.24. The molecule has 0 saturated carbocycles. The van der Waals surface area contributed by atoms with Crippen molar-refractivity contribution in [2.45, 2.75) is 45.1 Å². The van der Waals surface area contributed by atoms with Gasteiger partial charge < -0.3 is 15.4 Å². The molecule has 0 spiro atoms. The van der Waals surface area contributed by atoms with Gasteiger partial charge in [0, 0.05) is 49.5 Å². The van der Waals surface area contributed by atoms with E-state index < -0.39 is 0 Å². The number of ketones is 1. The summed E-state index contributed by atoms with van der Waals surface area (Å²) in [5.41, 5.74) is 2.26. The Bertz CT molecular complexity index is 928. The van der Waals surface area contributed by atoms with Gasteiger partial charge in [0.05, 0.1) is 16.3 Å². The highest BCUT2D eigenvalue weighted by Gasteiger charge is 2.28. The molecule has 0 radical (unpaired) electrons. The molecule has 0 amide bonds. The molecule has 2 aliphatic rings. The van der Waals surface area contributed by atoms with Crippen molar-refractivity contribution in [2.24, 2.45) is 11.8 Å². The summed E-state index contributed by atoms with van der Waals surface area (Å²) in [4.78, 5) is 21.7. The number of nitrogens with one attached hydrogen (secondary N) is 2. The van der Waals surface area contributed by atoms with Gasteiger partial charge in [0.15, 0.2) is 0 Å². The first-order valence-electron chi connectivity index (χ1n) is 11.1. The standard InChI is InChI=1S/C24H31ClN4O2/c1-24(2)12-16(7-9-31-24)13-28-23-5-3-4-21(29-23)19-10-18(27-15-20(19)25)11-22(30)17-6-8-26-14-17/h3-5,10,15-17,26H,6-9,11-14H2,1-2H3,(H,28,29)/t16?,17-/m1/s1. The van der Waals surface area contributed by atoms with Crippen molar-refractivity contribution >= 4 is 23.2 Å². The second kappa shape index (κ2) is 9.63. The number of aromatic nitrogens is 2. The van der Waals surface area contributed by atoms with Crippen molar-refractivity contribution < 1.29 is 9.53 Å². The summed E-state index contributed by atoms with van der Waals surface area (Å²) in [5, 5.41) is 7.26. The van der Waals surface area contributed by atoms with E-state index in [1.54, 1.807) is 6.20 Å². The van der Waals surface area contributed by atoms with E-state index in [4.69, 9.17) is 21.3 Å². The van der Waals surface area contributed by atoms with E-state index in [-0.39, 0.29) is 17.3 Å². The van der Waals surface area contributed by atoms with Gasteiger partial charge in [0.1, 0.15) is 11.6 Å². The molecule has 0 aliphatic carbocycles. The number of anilines is 1. The number of pyridine rings is 2. The lowest BCUT2D eigenvalue weighted by Crippen LogP contribution is -2.36. The molecule has 1 unspecified atom stereocenters. The molecule has 4 rings (SSSR count). The predicted molar refractivity (Wildman–Crippen MR) is 123 cm³/mol. The molecule has 2 aromatic heterocycles. The van der Waals surface area contributed by atoms with E-state index in [0.717, 1.165) is 68.3 Å². The van der Waals surface area contributed by atoms with Crippen LogP contribution in [0.25, 0.3) is 11.3 Å². The van der Waals surface area contributed by atoms with E-state index in [1.165, 1.54) is 0 Å². The van der Waals surface area contributed by atoms with E-state index in [2.05, 4.69) is 29.5 Å². The first kappa shape index (κ1) is 22.2. The molecule has 6 nitrogen and oxygen atoms in total. The van der Waals surface area contributed by atoms with Gasteiger partial charge in [-0.1, -0.05) is 17.7 Å². The lowest BCUT2D eigenvalue weighted by atomic mass is 9.88. The zero-order chi connectivity index (χ0) is 21.8. The maximum Gasteiger partial charge on any atom is 0.143 e. The van der Waals surface area contributed by atoms with Gasteiger partial charge in [-0.25, -0.2) is 4.98 Å². The van der Waals surface area contributed by atoms with Gasteiger partial charge in [0.25, 0.3) is 0 Å². The Morgan fingerprint density at radius 1 is 1.35 bits per heavy atom. The summed E-state index contributed by atoms with van der Waals surface area (Å²) in [5.74, 6) is 1.70. The smallest absolute Gasteiger partial charge is 0.143 e. The molecule has 31 heavy (non-hydrogen) atoms. The number of Topliss-reactive ketones (excluding diaryl/α,β-unsaturated/α-hetero) is 1. The van der Waals surface area contributed by atoms with Gasteiger partial charge in [-0.3, -0.25) is 9.78 Å². The van der Waals surface area contributed by atoms with Crippen molar-refractivity contribution in [3.05, 3.63) is 41.2 Å². The maximum absolute atomic E-state index is 12.5. The van der Waals surface area contributed by atoms with Gasteiger partial charge in [-0.05, 0) is 63.8 Å². The van der Waals surface area contributed by atoms with Crippen LogP contribution in [0.2, 0.25) is 5.02 Å². The topological polar surface area (TPSA) is 76.1 Å². The van der Waals surface area contributed by atoms with Crippen LogP contribution in [0.1, 0.15) is 38.8 Å². The Labute approximate surface area is 189 Å². The number of ether oxygens (including phenoxy) is 1. The first-order valence-corrected chi connectivity index (χ1v) is 11.5.